The summed E-state index contributed by atoms with van der Waals surface area (Å²) in [6.45, 7) is 5.53. The summed E-state index contributed by atoms with van der Waals surface area (Å²) in [6.07, 6.45) is 0.618. The molecular weight excluding hydrogens is 281 g/mol. The molecule has 1 N–H and O–H groups in total. The van der Waals surface area contributed by atoms with Gasteiger partial charge in [0.05, 0.1) is 5.41 Å². The lowest BCUT2D eigenvalue weighted by atomic mass is 9.76. The SMILES string of the molecule is CC(C)C1(C(=O)O)CCN(Cc2cc(F)ccc2Cl)C1. The molecule has 1 aromatic carbocycles. The molecule has 0 amide bonds. The molecule has 1 atom stereocenters. The van der Waals surface area contributed by atoms with Crippen LogP contribution in [-0.4, -0.2) is 29.1 Å². The quantitative estimate of drug-likeness (QED) is 0.926. The minimum Gasteiger partial charge on any atom is -0.481 e. The Morgan fingerprint density at radius 3 is 2.80 bits per heavy atom. The Morgan fingerprint density at radius 1 is 1.55 bits per heavy atom. The van der Waals surface area contributed by atoms with Crippen LogP contribution >= 0.6 is 11.6 Å². The van der Waals surface area contributed by atoms with Gasteiger partial charge in [0.1, 0.15) is 5.82 Å². The van der Waals surface area contributed by atoms with Crippen LogP contribution in [-0.2, 0) is 11.3 Å². The molecule has 1 saturated heterocycles. The second-order valence-electron chi connectivity index (χ2n) is 5.81. The van der Waals surface area contributed by atoms with Crippen LogP contribution in [0.15, 0.2) is 18.2 Å². The first-order chi connectivity index (χ1) is 9.35. The third kappa shape index (κ3) is 2.81. The first-order valence-corrected chi connectivity index (χ1v) is 7.12. The fourth-order valence-electron chi connectivity index (χ4n) is 2.85. The van der Waals surface area contributed by atoms with Crippen LogP contribution < -0.4 is 0 Å². The molecule has 1 aliphatic heterocycles. The maximum atomic E-state index is 13.3. The summed E-state index contributed by atoms with van der Waals surface area (Å²) in [7, 11) is 0. The molecule has 1 aromatic rings. The predicted molar refractivity (Wildman–Crippen MR) is 76.2 cm³/mol. The molecule has 0 radical (unpaired) electrons. The van der Waals surface area contributed by atoms with Crippen molar-refractivity contribution in [3.05, 3.63) is 34.6 Å². The van der Waals surface area contributed by atoms with Gasteiger partial charge in [-0.3, -0.25) is 9.69 Å². The van der Waals surface area contributed by atoms with Crippen molar-refractivity contribution in [2.45, 2.75) is 26.8 Å². The standard InChI is InChI=1S/C15H19ClFNO2/c1-10(2)15(14(19)20)5-6-18(9-15)8-11-7-12(17)3-4-13(11)16/h3-4,7,10H,5-6,8-9H2,1-2H3,(H,19,20). The lowest BCUT2D eigenvalue weighted by molar-refractivity contribution is -0.151. The van der Waals surface area contributed by atoms with Gasteiger partial charge in [0.15, 0.2) is 0 Å². The molecule has 110 valence electrons. The molecule has 20 heavy (non-hydrogen) atoms. The van der Waals surface area contributed by atoms with Crippen LogP contribution in [0.3, 0.4) is 0 Å². The number of nitrogens with zero attached hydrogens (tertiary/aromatic N) is 1. The van der Waals surface area contributed by atoms with Gasteiger partial charge in [0.2, 0.25) is 0 Å². The Kier molecular flexibility index (Phi) is 4.35. The molecule has 1 aliphatic rings. The molecule has 0 bridgehead atoms. The number of benzene rings is 1. The van der Waals surface area contributed by atoms with Gasteiger partial charge < -0.3 is 5.11 Å². The topological polar surface area (TPSA) is 40.5 Å². The fourth-order valence-corrected chi connectivity index (χ4v) is 3.03. The van der Waals surface area contributed by atoms with E-state index in [-0.39, 0.29) is 11.7 Å². The summed E-state index contributed by atoms with van der Waals surface area (Å²) >= 11 is 6.06. The molecule has 5 heteroatoms. The molecule has 1 heterocycles. The average Bonchev–Trinajstić information content (AvgIpc) is 2.79. The number of hydrogen-bond donors (Lipinski definition) is 1. The van der Waals surface area contributed by atoms with Crippen molar-refractivity contribution in [1.29, 1.82) is 0 Å². The second-order valence-corrected chi connectivity index (χ2v) is 6.22. The molecule has 0 saturated carbocycles. The molecular formula is C15H19ClFNO2. The van der Waals surface area contributed by atoms with Crippen LogP contribution in [0.2, 0.25) is 5.02 Å². The van der Waals surface area contributed by atoms with E-state index >= 15 is 0 Å². The molecule has 1 unspecified atom stereocenters. The van der Waals surface area contributed by atoms with Gasteiger partial charge in [-0.2, -0.15) is 0 Å². The van der Waals surface area contributed by atoms with Gasteiger partial charge in [-0.05, 0) is 42.6 Å². The van der Waals surface area contributed by atoms with E-state index in [1.165, 1.54) is 18.2 Å². The minimum atomic E-state index is -0.750. The van der Waals surface area contributed by atoms with Crippen LogP contribution in [0.25, 0.3) is 0 Å². The zero-order chi connectivity index (χ0) is 14.9. The Balaban J connectivity index is 2.14. The largest absolute Gasteiger partial charge is 0.481 e. The van der Waals surface area contributed by atoms with Crippen LogP contribution in [0.4, 0.5) is 4.39 Å². The monoisotopic (exact) mass is 299 g/mol. The number of rotatable bonds is 4. The summed E-state index contributed by atoms with van der Waals surface area (Å²) in [5, 5.41) is 10.0. The van der Waals surface area contributed by atoms with Gasteiger partial charge in [-0.1, -0.05) is 25.4 Å². The molecule has 2 rings (SSSR count). The molecule has 3 nitrogen and oxygen atoms in total. The van der Waals surface area contributed by atoms with Gasteiger partial charge in [0.25, 0.3) is 0 Å². The maximum absolute atomic E-state index is 13.3. The van der Waals surface area contributed by atoms with Crippen molar-refractivity contribution in [1.82, 2.24) is 4.90 Å². The maximum Gasteiger partial charge on any atom is 0.311 e. The molecule has 0 aliphatic carbocycles. The predicted octanol–water partition coefficient (Wildman–Crippen LogP) is 3.41. The van der Waals surface area contributed by atoms with Gasteiger partial charge in [-0.15, -0.1) is 0 Å². The Bertz CT molecular complexity index is 521. The zero-order valence-electron chi connectivity index (χ0n) is 11.7. The smallest absolute Gasteiger partial charge is 0.311 e. The molecule has 0 spiro atoms. The lowest BCUT2D eigenvalue weighted by Gasteiger charge is -2.29. The van der Waals surface area contributed by atoms with Crippen molar-refractivity contribution in [2.75, 3.05) is 13.1 Å². The fraction of sp³-hybridized carbons (Fsp3) is 0.533. The number of halogens is 2. The number of carbonyl (C=O) groups is 1. The van der Waals surface area contributed by atoms with Crippen molar-refractivity contribution < 1.29 is 14.3 Å². The Labute approximate surface area is 123 Å². The van der Waals surface area contributed by atoms with E-state index in [1.54, 1.807) is 0 Å². The van der Waals surface area contributed by atoms with Gasteiger partial charge in [0, 0.05) is 18.1 Å². The molecule has 1 fully saturated rings. The van der Waals surface area contributed by atoms with Crippen molar-refractivity contribution in [2.24, 2.45) is 11.3 Å². The molecule has 0 aromatic heterocycles. The summed E-state index contributed by atoms with van der Waals surface area (Å²) < 4.78 is 13.3. The van der Waals surface area contributed by atoms with Gasteiger partial charge in [-0.25, -0.2) is 4.39 Å². The van der Waals surface area contributed by atoms with E-state index in [0.29, 0.717) is 36.6 Å². The van der Waals surface area contributed by atoms with Gasteiger partial charge >= 0.3 is 5.97 Å². The van der Waals surface area contributed by atoms with Crippen molar-refractivity contribution in [3.8, 4) is 0 Å². The van der Waals surface area contributed by atoms with Crippen molar-refractivity contribution >= 4 is 17.6 Å². The highest BCUT2D eigenvalue weighted by Gasteiger charge is 2.47. The highest BCUT2D eigenvalue weighted by Crippen LogP contribution is 2.39. The third-order valence-corrected chi connectivity index (χ3v) is 4.68. The normalized spacial score (nSPS) is 23.4. The van der Waals surface area contributed by atoms with Crippen LogP contribution in [0.5, 0.6) is 0 Å². The third-order valence-electron chi connectivity index (χ3n) is 4.31. The first-order valence-electron chi connectivity index (χ1n) is 6.75. The summed E-state index contributed by atoms with van der Waals surface area (Å²) in [5.41, 5.74) is -0.00333. The van der Waals surface area contributed by atoms with E-state index in [1.807, 2.05) is 18.7 Å². The Morgan fingerprint density at radius 2 is 2.25 bits per heavy atom. The number of hydrogen-bond acceptors (Lipinski definition) is 2. The summed E-state index contributed by atoms with van der Waals surface area (Å²) in [4.78, 5) is 13.6. The zero-order valence-corrected chi connectivity index (χ0v) is 12.5. The van der Waals surface area contributed by atoms with E-state index < -0.39 is 11.4 Å². The number of carboxylic acids is 1. The summed E-state index contributed by atoms with van der Waals surface area (Å²) in [6, 6.07) is 4.28. The number of likely N-dealkylation sites (tertiary alicyclic amines) is 1. The highest BCUT2D eigenvalue weighted by atomic mass is 35.5. The number of carboxylic acid groups (broad SMARTS) is 1. The van der Waals surface area contributed by atoms with E-state index in [0.717, 1.165) is 0 Å². The van der Waals surface area contributed by atoms with Crippen LogP contribution in [0, 0.1) is 17.2 Å². The average molecular weight is 300 g/mol. The lowest BCUT2D eigenvalue weighted by Crippen LogP contribution is -2.39. The van der Waals surface area contributed by atoms with E-state index in [9.17, 15) is 14.3 Å². The minimum absolute atomic E-state index is 0.0629. The van der Waals surface area contributed by atoms with E-state index in [4.69, 9.17) is 11.6 Å². The van der Waals surface area contributed by atoms with Crippen molar-refractivity contribution in [3.63, 3.8) is 0 Å². The van der Waals surface area contributed by atoms with E-state index in [2.05, 4.69) is 0 Å². The number of aliphatic carboxylic acids is 1. The van der Waals surface area contributed by atoms with Crippen LogP contribution in [0.1, 0.15) is 25.8 Å². The second kappa shape index (κ2) is 5.70. The summed E-state index contributed by atoms with van der Waals surface area (Å²) in [5.74, 6) is -1.01. The first kappa shape index (κ1) is 15.3. The highest BCUT2D eigenvalue weighted by molar-refractivity contribution is 6.31. The Hall–Kier alpha value is -1.13.